The molecule has 142 valence electrons. The number of benzene rings is 1. The lowest BCUT2D eigenvalue weighted by Gasteiger charge is -2.33. The lowest BCUT2D eigenvalue weighted by Crippen LogP contribution is -2.54. The van der Waals surface area contributed by atoms with Crippen molar-refractivity contribution in [2.75, 3.05) is 19.7 Å². The summed E-state index contributed by atoms with van der Waals surface area (Å²) in [5.74, 6) is -1.15. The summed E-state index contributed by atoms with van der Waals surface area (Å²) in [5.41, 5.74) is -1.33. The SMILES string of the molecule is CC(C)(NC(=O)C1CCCN(C(=O)CCOc2ccccc2)C1)C(=O)O. The van der Waals surface area contributed by atoms with Crippen LogP contribution < -0.4 is 10.1 Å². The summed E-state index contributed by atoms with van der Waals surface area (Å²) in [6.07, 6.45) is 1.60. The third-order valence-electron chi connectivity index (χ3n) is 4.44. The van der Waals surface area contributed by atoms with Gasteiger partial charge in [-0.25, -0.2) is 4.79 Å². The summed E-state index contributed by atoms with van der Waals surface area (Å²) in [6.45, 7) is 4.09. The maximum atomic E-state index is 12.4. The number of hydrogen-bond donors (Lipinski definition) is 2. The second-order valence-corrected chi connectivity index (χ2v) is 7.01. The molecule has 0 spiro atoms. The van der Waals surface area contributed by atoms with Crippen LogP contribution in [0.2, 0.25) is 0 Å². The molecular weight excluding hydrogens is 336 g/mol. The van der Waals surface area contributed by atoms with Crippen LogP contribution in [0, 0.1) is 5.92 Å². The number of carboxylic acid groups (broad SMARTS) is 1. The molecule has 0 bridgehead atoms. The van der Waals surface area contributed by atoms with E-state index in [4.69, 9.17) is 9.84 Å². The van der Waals surface area contributed by atoms with Crippen LogP contribution >= 0.6 is 0 Å². The summed E-state index contributed by atoms with van der Waals surface area (Å²) in [6, 6.07) is 9.28. The van der Waals surface area contributed by atoms with Crippen molar-refractivity contribution in [2.24, 2.45) is 5.92 Å². The maximum absolute atomic E-state index is 12.4. The molecule has 1 saturated heterocycles. The average Bonchev–Trinajstić information content (AvgIpc) is 2.62. The quantitative estimate of drug-likeness (QED) is 0.769. The molecule has 1 aliphatic heterocycles. The number of amides is 2. The van der Waals surface area contributed by atoms with Gasteiger partial charge in [0.25, 0.3) is 0 Å². The highest BCUT2D eigenvalue weighted by Gasteiger charge is 2.34. The highest BCUT2D eigenvalue weighted by molar-refractivity contribution is 5.88. The Hall–Kier alpha value is -2.57. The first kappa shape index (κ1) is 19.8. The number of nitrogens with zero attached hydrogens (tertiary/aromatic N) is 1. The molecule has 1 aromatic rings. The van der Waals surface area contributed by atoms with Crippen molar-refractivity contribution in [3.8, 4) is 5.75 Å². The Morgan fingerprint density at radius 1 is 1.27 bits per heavy atom. The van der Waals surface area contributed by atoms with Gasteiger partial charge in [0.1, 0.15) is 11.3 Å². The number of ether oxygens (including phenoxy) is 1. The third-order valence-corrected chi connectivity index (χ3v) is 4.44. The van der Waals surface area contributed by atoms with Crippen LogP contribution in [-0.4, -0.2) is 53.0 Å². The fraction of sp³-hybridized carbons (Fsp3) is 0.526. The minimum absolute atomic E-state index is 0.0593. The predicted octanol–water partition coefficient (Wildman–Crippen LogP) is 1.67. The molecular formula is C19H26N2O5. The normalized spacial score (nSPS) is 17.5. The van der Waals surface area contributed by atoms with Crippen LogP contribution in [0.5, 0.6) is 5.75 Å². The lowest BCUT2D eigenvalue weighted by molar-refractivity contribution is -0.147. The van der Waals surface area contributed by atoms with Crippen LogP contribution in [0.4, 0.5) is 0 Å². The van der Waals surface area contributed by atoms with Gasteiger partial charge in [-0.1, -0.05) is 18.2 Å². The van der Waals surface area contributed by atoms with Crippen LogP contribution in [0.15, 0.2) is 30.3 Å². The van der Waals surface area contributed by atoms with E-state index in [1.165, 1.54) is 13.8 Å². The van der Waals surface area contributed by atoms with E-state index in [1.807, 2.05) is 30.3 Å². The molecule has 26 heavy (non-hydrogen) atoms. The number of piperidine rings is 1. The van der Waals surface area contributed by atoms with Crippen molar-refractivity contribution in [1.82, 2.24) is 10.2 Å². The van der Waals surface area contributed by atoms with Gasteiger partial charge in [0.05, 0.1) is 18.9 Å². The topological polar surface area (TPSA) is 95.9 Å². The molecule has 2 N–H and O–H groups in total. The van der Waals surface area contributed by atoms with Crippen LogP contribution in [0.3, 0.4) is 0 Å². The molecule has 1 aromatic carbocycles. The molecule has 2 amide bonds. The van der Waals surface area contributed by atoms with Gasteiger partial charge in [-0.15, -0.1) is 0 Å². The van der Waals surface area contributed by atoms with Crippen LogP contribution in [0.25, 0.3) is 0 Å². The molecule has 7 heteroatoms. The molecule has 1 aliphatic rings. The number of aliphatic carboxylic acids is 1. The van der Waals surface area contributed by atoms with Gasteiger partial charge in [0, 0.05) is 13.1 Å². The Bertz CT molecular complexity index is 645. The number of carbonyl (C=O) groups is 3. The Morgan fingerprint density at radius 2 is 1.96 bits per heavy atom. The largest absolute Gasteiger partial charge is 0.493 e. The molecule has 0 aromatic heterocycles. The first-order valence-corrected chi connectivity index (χ1v) is 8.80. The minimum atomic E-state index is -1.33. The highest BCUT2D eigenvalue weighted by Crippen LogP contribution is 2.19. The van der Waals surface area contributed by atoms with Crippen LogP contribution in [-0.2, 0) is 14.4 Å². The summed E-state index contributed by atoms with van der Waals surface area (Å²) in [7, 11) is 0. The van der Waals surface area contributed by atoms with Gasteiger partial charge >= 0.3 is 5.97 Å². The molecule has 1 unspecified atom stereocenters. The van der Waals surface area contributed by atoms with Crippen molar-refractivity contribution < 1.29 is 24.2 Å². The standard InChI is InChI=1S/C19H26N2O5/c1-19(2,18(24)25)20-17(23)14-7-6-11-21(13-14)16(22)10-12-26-15-8-4-3-5-9-15/h3-5,8-9,14H,6-7,10-13H2,1-2H3,(H,20,23)(H,24,25). The molecule has 2 rings (SSSR count). The summed E-state index contributed by atoms with van der Waals surface area (Å²) < 4.78 is 5.54. The van der Waals surface area contributed by atoms with E-state index in [9.17, 15) is 14.4 Å². The summed E-state index contributed by atoms with van der Waals surface area (Å²) in [4.78, 5) is 37.5. The zero-order chi connectivity index (χ0) is 19.2. The van der Waals surface area contributed by atoms with Gasteiger partial charge in [-0.2, -0.15) is 0 Å². The van der Waals surface area contributed by atoms with E-state index >= 15 is 0 Å². The Balaban J connectivity index is 1.82. The average molecular weight is 362 g/mol. The van der Waals surface area contributed by atoms with Crippen molar-refractivity contribution in [3.05, 3.63) is 30.3 Å². The lowest BCUT2D eigenvalue weighted by atomic mass is 9.95. The van der Waals surface area contributed by atoms with E-state index < -0.39 is 11.5 Å². The highest BCUT2D eigenvalue weighted by atomic mass is 16.5. The maximum Gasteiger partial charge on any atom is 0.328 e. The number of carbonyl (C=O) groups excluding carboxylic acids is 2. The monoisotopic (exact) mass is 362 g/mol. The second-order valence-electron chi connectivity index (χ2n) is 7.01. The van der Waals surface area contributed by atoms with E-state index in [-0.39, 0.29) is 30.8 Å². The van der Waals surface area contributed by atoms with Gasteiger partial charge in [0.15, 0.2) is 0 Å². The van der Waals surface area contributed by atoms with E-state index in [2.05, 4.69) is 5.32 Å². The molecule has 1 fully saturated rings. The van der Waals surface area contributed by atoms with E-state index in [0.29, 0.717) is 25.3 Å². The number of rotatable bonds is 7. The van der Waals surface area contributed by atoms with E-state index in [0.717, 1.165) is 6.42 Å². The van der Waals surface area contributed by atoms with Gasteiger partial charge in [-0.3, -0.25) is 9.59 Å². The zero-order valence-electron chi connectivity index (χ0n) is 15.2. The Kier molecular flexibility index (Phi) is 6.60. The number of para-hydroxylation sites is 1. The zero-order valence-corrected chi connectivity index (χ0v) is 15.2. The Labute approximate surface area is 153 Å². The number of likely N-dealkylation sites (tertiary alicyclic amines) is 1. The van der Waals surface area contributed by atoms with Crippen molar-refractivity contribution in [1.29, 1.82) is 0 Å². The fourth-order valence-electron chi connectivity index (χ4n) is 2.81. The molecule has 0 radical (unpaired) electrons. The molecule has 0 aliphatic carbocycles. The predicted molar refractivity (Wildman–Crippen MR) is 95.7 cm³/mol. The number of hydrogen-bond acceptors (Lipinski definition) is 4. The second kappa shape index (κ2) is 8.69. The van der Waals surface area contributed by atoms with Crippen molar-refractivity contribution in [3.63, 3.8) is 0 Å². The molecule has 7 nitrogen and oxygen atoms in total. The van der Waals surface area contributed by atoms with Crippen LogP contribution in [0.1, 0.15) is 33.1 Å². The smallest absolute Gasteiger partial charge is 0.328 e. The first-order valence-electron chi connectivity index (χ1n) is 8.80. The van der Waals surface area contributed by atoms with Crippen molar-refractivity contribution in [2.45, 2.75) is 38.6 Å². The fourth-order valence-corrected chi connectivity index (χ4v) is 2.81. The third kappa shape index (κ3) is 5.47. The number of nitrogens with one attached hydrogen (secondary N) is 1. The molecule has 0 saturated carbocycles. The van der Waals surface area contributed by atoms with Gasteiger partial charge in [0.2, 0.25) is 11.8 Å². The van der Waals surface area contributed by atoms with Gasteiger partial charge in [-0.05, 0) is 38.8 Å². The van der Waals surface area contributed by atoms with Gasteiger partial charge < -0.3 is 20.1 Å². The van der Waals surface area contributed by atoms with E-state index in [1.54, 1.807) is 4.90 Å². The molecule has 1 atom stereocenters. The minimum Gasteiger partial charge on any atom is -0.493 e. The summed E-state index contributed by atoms with van der Waals surface area (Å²) in [5, 5.41) is 11.7. The van der Waals surface area contributed by atoms with Crippen molar-refractivity contribution >= 4 is 17.8 Å². The first-order chi connectivity index (χ1) is 12.3. The summed E-state index contributed by atoms with van der Waals surface area (Å²) >= 11 is 0. The molecule has 1 heterocycles. The Morgan fingerprint density at radius 3 is 2.62 bits per heavy atom. The number of carboxylic acids is 1.